The standard InChI is InChI=1S/C28H30N6O7S.Na/c1-28(2)22(25(37)38)33-23(36)21(24(33)42-28)30-19(35)12-14-5-4-6-16(11-14)29-26(39)32-13-18-20(31-34(18)27(32)40)15-7-9-17(41-3)10-8-15;/h4-11,18,20-22,24,31H,12-13H2,1-3H3,(H,29,39)(H,30,35)(H,37,38);/q;+1/p-1/t18?,20?,21-,22+,24-;/m1./s1. The zero-order valence-corrected chi connectivity index (χ0v) is 26.8. The number of carboxylic acids is 1. The van der Waals surface area contributed by atoms with Crippen LogP contribution in [0.15, 0.2) is 48.5 Å². The summed E-state index contributed by atoms with van der Waals surface area (Å²) in [6, 6.07) is 10.9. The van der Waals surface area contributed by atoms with Gasteiger partial charge >= 0.3 is 41.6 Å². The molecular weight excluding hydrogens is 587 g/mol. The van der Waals surface area contributed by atoms with Gasteiger partial charge in [0.15, 0.2) is 0 Å². The number of aliphatic carboxylic acids is 1. The van der Waals surface area contributed by atoms with E-state index in [4.69, 9.17) is 4.74 Å². The van der Waals surface area contributed by atoms with E-state index in [0.29, 0.717) is 11.3 Å². The van der Waals surface area contributed by atoms with Crippen LogP contribution >= 0.6 is 11.8 Å². The molecule has 2 unspecified atom stereocenters. The van der Waals surface area contributed by atoms with Crippen LogP contribution < -0.4 is 55.5 Å². The summed E-state index contributed by atoms with van der Waals surface area (Å²) in [7, 11) is 1.59. The minimum atomic E-state index is -1.32. The maximum Gasteiger partial charge on any atom is 1.00 e. The predicted molar refractivity (Wildman–Crippen MR) is 149 cm³/mol. The summed E-state index contributed by atoms with van der Waals surface area (Å²) in [4.78, 5) is 65.3. The van der Waals surface area contributed by atoms with E-state index < -0.39 is 52.1 Å². The Balaban J connectivity index is 0.00000368. The van der Waals surface area contributed by atoms with Crippen molar-refractivity contribution in [2.45, 2.75) is 54.6 Å². The number of nitrogens with one attached hydrogen (secondary N) is 3. The molecule has 0 aromatic heterocycles. The first-order valence-corrected chi connectivity index (χ1v) is 14.3. The van der Waals surface area contributed by atoms with Gasteiger partial charge in [0.2, 0.25) is 11.8 Å². The van der Waals surface area contributed by atoms with Crippen molar-refractivity contribution in [2.75, 3.05) is 19.0 Å². The maximum atomic E-state index is 13.0. The number of carbonyl (C=O) groups is 5. The second-order valence-electron chi connectivity index (χ2n) is 11.1. The summed E-state index contributed by atoms with van der Waals surface area (Å²) in [5.41, 5.74) is 5.06. The molecule has 3 N–H and O–H groups in total. The van der Waals surface area contributed by atoms with Crippen LogP contribution in [-0.4, -0.2) is 86.6 Å². The summed E-state index contributed by atoms with van der Waals surface area (Å²) in [6.07, 6.45) is -0.0653. The third-order valence-corrected chi connectivity index (χ3v) is 9.62. The van der Waals surface area contributed by atoms with Crippen molar-refractivity contribution in [2.24, 2.45) is 0 Å². The fourth-order valence-electron chi connectivity index (χ4n) is 5.94. The Morgan fingerprint density at radius 2 is 1.86 bits per heavy atom. The first-order valence-electron chi connectivity index (χ1n) is 13.4. The molecule has 0 radical (unpaired) electrons. The normalized spacial score (nSPS) is 26.4. The Morgan fingerprint density at radius 3 is 2.53 bits per heavy atom. The number of imide groups is 1. The summed E-state index contributed by atoms with van der Waals surface area (Å²) in [6.45, 7) is 3.67. The number of benzene rings is 2. The van der Waals surface area contributed by atoms with Crippen molar-refractivity contribution in [3.8, 4) is 5.75 Å². The number of hydrogen-bond donors (Lipinski definition) is 3. The molecule has 4 fully saturated rings. The molecule has 4 heterocycles. The number of thioether (sulfide) groups is 1. The topological polar surface area (TPSA) is 163 Å². The van der Waals surface area contributed by atoms with E-state index in [1.807, 2.05) is 24.3 Å². The zero-order valence-electron chi connectivity index (χ0n) is 24.0. The number of amides is 6. The van der Waals surface area contributed by atoms with Gasteiger partial charge in [0.05, 0.1) is 44.2 Å². The number of carboxylic acid groups (broad SMARTS) is 1. The molecule has 0 bridgehead atoms. The van der Waals surface area contributed by atoms with Crippen molar-refractivity contribution in [1.82, 2.24) is 25.6 Å². The molecule has 4 aliphatic heterocycles. The van der Waals surface area contributed by atoms with Crippen molar-refractivity contribution in [1.29, 1.82) is 0 Å². The van der Waals surface area contributed by atoms with Crippen LogP contribution in [-0.2, 0) is 20.8 Å². The molecule has 220 valence electrons. The van der Waals surface area contributed by atoms with Gasteiger partial charge in [0.1, 0.15) is 17.2 Å². The zero-order chi connectivity index (χ0) is 29.9. The average Bonchev–Trinajstić information content (AvgIpc) is 3.34. The molecule has 2 aromatic carbocycles. The number of urea groups is 2. The van der Waals surface area contributed by atoms with Gasteiger partial charge in [-0.2, -0.15) is 0 Å². The van der Waals surface area contributed by atoms with E-state index in [-0.39, 0.29) is 54.6 Å². The van der Waals surface area contributed by atoms with E-state index in [0.717, 1.165) is 16.2 Å². The van der Waals surface area contributed by atoms with Crippen molar-refractivity contribution in [3.63, 3.8) is 0 Å². The number of hydrogen-bond acceptors (Lipinski definition) is 9. The molecule has 13 nitrogen and oxygen atoms in total. The molecule has 0 spiro atoms. The number of β-lactam (4-membered cyclic amide) rings is 1. The first-order chi connectivity index (χ1) is 20.0. The minimum absolute atomic E-state index is 0. The van der Waals surface area contributed by atoms with Crippen molar-refractivity contribution >= 4 is 47.3 Å². The van der Waals surface area contributed by atoms with Gasteiger partial charge in [0, 0.05) is 10.4 Å². The SMILES string of the molecule is COc1ccc(C2NN3C(=O)N(C(=O)Nc4cccc(CC(=O)N[C@@H]5C(=O)N6[C@@H]5SC(C)(C)[C@@H]6C(=O)[O-])c4)CC23)cc1.[Na+]. The molecule has 6 amide bonds. The van der Waals surface area contributed by atoms with Crippen LogP contribution in [0.1, 0.15) is 31.0 Å². The summed E-state index contributed by atoms with van der Waals surface area (Å²) in [5, 5.41) is 18.0. The van der Waals surface area contributed by atoms with Gasteiger partial charge in [-0.15, -0.1) is 11.8 Å². The maximum absolute atomic E-state index is 13.0. The van der Waals surface area contributed by atoms with E-state index in [2.05, 4.69) is 16.1 Å². The Kier molecular flexibility index (Phi) is 8.44. The third kappa shape index (κ3) is 5.46. The second-order valence-corrected chi connectivity index (χ2v) is 12.9. The quantitative estimate of drug-likeness (QED) is 0.224. The van der Waals surface area contributed by atoms with Gasteiger partial charge in [-0.05, 0) is 49.2 Å². The van der Waals surface area contributed by atoms with Gasteiger partial charge in [-0.3, -0.25) is 14.6 Å². The van der Waals surface area contributed by atoms with Gasteiger partial charge in [-0.1, -0.05) is 24.3 Å². The fourth-order valence-corrected chi connectivity index (χ4v) is 7.56. The summed E-state index contributed by atoms with van der Waals surface area (Å²) in [5.74, 6) is -1.46. The molecule has 0 saturated carbocycles. The van der Waals surface area contributed by atoms with Crippen LogP contribution in [0.25, 0.3) is 0 Å². The van der Waals surface area contributed by atoms with Crippen LogP contribution in [0.5, 0.6) is 5.75 Å². The smallest absolute Gasteiger partial charge is 0.548 e. The molecule has 6 rings (SSSR count). The number of carbonyl (C=O) groups excluding carboxylic acids is 5. The molecular formula is C28H29N6NaO7S. The van der Waals surface area contributed by atoms with Gasteiger partial charge < -0.3 is 30.2 Å². The number of fused-ring (bicyclic) bond motifs is 2. The number of nitrogens with zero attached hydrogens (tertiary/aromatic N) is 3. The Labute approximate surface area is 273 Å². The number of ether oxygens (including phenoxy) is 1. The largest absolute Gasteiger partial charge is 1.00 e. The monoisotopic (exact) mass is 616 g/mol. The van der Waals surface area contributed by atoms with Gasteiger partial charge in [-0.25, -0.2) is 19.9 Å². The van der Waals surface area contributed by atoms with Crippen molar-refractivity contribution in [3.05, 3.63) is 59.7 Å². The summed E-state index contributed by atoms with van der Waals surface area (Å²) < 4.78 is 4.45. The van der Waals surface area contributed by atoms with E-state index >= 15 is 0 Å². The van der Waals surface area contributed by atoms with Crippen LogP contribution in [0.3, 0.4) is 0 Å². The third-order valence-electron chi connectivity index (χ3n) is 8.04. The first kappa shape index (κ1) is 31.1. The number of anilines is 1. The van der Waals surface area contributed by atoms with E-state index in [9.17, 15) is 29.1 Å². The van der Waals surface area contributed by atoms with E-state index in [1.165, 1.54) is 21.7 Å². The molecule has 2 aromatic rings. The fraction of sp³-hybridized carbons (Fsp3) is 0.393. The molecule has 43 heavy (non-hydrogen) atoms. The molecule has 0 aliphatic carbocycles. The number of methoxy groups -OCH3 is 1. The van der Waals surface area contributed by atoms with Crippen LogP contribution in [0.4, 0.5) is 15.3 Å². The Bertz CT molecular complexity index is 1490. The molecule has 4 aliphatic rings. The minimum Gasteiger partial charge on any atom is -0.548 e. The molecule has 4 saturated heterocycles. The van der Waals surface area contributed by atoms with E-state index in [1.54, 1.807) is 45.2 Å². The average molecular weight is 617 g/mol. The molecule has 5 atom stereocenters. The van der Waals surface area contributed by atoms with Crippen molar-refractivity contribution < 1.29 is 63.4 Å². The number of hydrazine groups is 1. The molecule has 15 heteroatoms. The Hall–Kier alpha value is -3.30. The predicted octanol–water partition coefficient (Wildman–Crippen LogP) is -2.56. The Morgan fingerprint density at radius 1 is 1.14 bits per heavy atom. The van der Waals surface area contributed by atoms with Crippen LogP contribution in [0, 0.1) is 0 Å². The van der Waals surface area contributed by atoms with Gasteiger partial charge in [0.25, 0.3) is 0 Å². The number of rotatable bonds is 7. The summed E-state index contributed by atoms with van der Waals surface area (Å²) >= 11 is 1.32. The second kappa shape index (κ2) is 11.7. The van der Waals surface area contributed by atoms with Crippen LogP contribution in [0.2, 0.25) is 0 Å².